The number of aryl methyl sites for hydroxylation is 1. The Kier molecular flexibility index (Phi) is 5.25. The molecule has 15 heavy (non-hydrogen) atoms. The Labute approximate surface area is 105 Å². The third-order valence-electron chi connectivity index (χ3n) is 1.78. The number of hydrogen-bond acceptors (Lipinski definition) is 3. The first-order valence-electron chi connectivity index (χ1n) is 4.59. The van der Waals surface area contributed by atoms with Crippen LogP contribution < -0.4 is 0 Å². The molecule has 1 heterocycles. The van der Waals surface area contributed by atoms with Crippen LogP contribution in [-0.4, -0.2) is 17.6 Å². The van der Waals surface area contributed by atoms with E-state index in [-0.39, 0.29) is 5.97 Å². The van der Waals surface area contributed by atoms with Crippen molar-refractivity contribution in [1.82, 2.24) is 4.98 Å². The fourth-order valence-corrected chi connectivity index (χ4v) is 1.90. The summed E-state index contributed by atoms with van der Waals surface area (Å²) in [7, 11) is 0. The zero-order valence-electron chi connectivity index (χ0n) is 8.30. The summed E-state index contributed by atoms with van der Waals surface area (Å²) in [5, 5.41) is 0. The van der Waals surface area contributed by atoms with E-state index in [9.17, 15) is 4.79 Å². The first-order chi connectivity index (χ1) is 7.13. The molecule has 1 rings (SSSR count). The topological polar surface area (TPSA) is 39.2 Å². The van der Waals surface area contributed by atoms with E-state index in [0.29, 0.717) is 19.4 Å². The van der Waals surface area contributed by atoms with Gasteiger partial charge < -0.3 is 4.74 Å². The molecule has 0 aliphatic rings. The summed E-state index contributed by atoms with van der Waals surface area (Å²) >= 11 is 6.67. The lowest BCUT2D eigenvalue weighted by Gasteiger charge is -2.04. The fraction of sp³-hybridized carbons (Fsp3) is 0.400. The van der Waals surface area contributed by atoms with Crippen molar-refractivity contribution < 1.29 is 9.53 Å². The van der Waals surface area contributed by atoms with Gasteiger partial charge in [0.05, 0.1) is 6.61 Å². The summed E-state index contributed by atoms with van der Waals surface area (Å²) in [5.41, 5.74) is 0.998. The van der Waals surface area contributed by atoms with E-state index in [0.717, 1.165) is 14.6 Å². The zero-order valence-corrected chi connectivity index (χ0v) is 11.5. The van der Waals surface area contributed by atoms with Crippen LogP contribution in [0.5, 0.6) is 0 Å². The van der Waals surface area contributed by atoms with E-state index in [2.05, 4.69) is 36.8 Å². The maximum atomic E-state index is 11.1. The van der Waals surface area contributed by atoms with Crippen molar-refractivity contribution in [3.05, 3.63) is 26.9 Å². The minimum Gasteiger partial charge on any atom is -0.466 e. The van der Waals surface area contributed by atoms with Gasteiger partial charge in [-0.15, -0.1) is 0 Å². The second kappa shape index (κ2) is 6.23. The number of aromatic nitrogens is 1. The van der Waals surface area contributed by atoms with Gasteiger partial charge in [0.2, 0.25) is 0 Å². The van der Waals surface area contributed by atoms with Crippen molar-refractivity contribution in [2.75, 3.05) is 6.61 Å². The first-order valence-corrected chi connectivity index (χ1v) is 6.17. The molecular formula is C10H11Br2NO2. The van der Waals surface area contributed by atoms with Gasteiger partial charge in [-0.3, -0.25) is 4.79 Å². The molecule has 0 fully saturated rings. The molecule has 3 nitrogen and oxygen atoms in total. The number of nitrogens with zero attached hydrogens (tertiary/aromatic N) is 1. The van der Waals surface area contributed by atoms with Crippen LogP contribution in [-0.2, 0) is 16.0 Å². The number of hydrogen-bond donors (Lipinski definition) is 0. The van der Waals surface area contributed by atoms with E-state index in [1.807, 2.05) is 6.07 Å². The largest absolute Gasteiger partial charge is 0.466 e. The van der Waals surface area contributed by atoms with E-state index in [1.165, 1.54) is 0 Å². The van der Waals surface area contributed by atoms with Crippen LogP contribution in [0.15, 0.2) is 21.3 Å². The van der Waals surface area contributed by atoms with Gasteiger partial charge in [0.25, 0.3) is 0 Å². The minimum atomic E-state index is -0.177. The van der Waals surface area contributed by atoms with Crippen LogP contribution >= 0.6 is 31.9 Å². The van der Waals surface area contributed by atoms with Gasteiger partial charge in [0.1, 0.15) is 4.60 Å². The molecule has 0 unspecified atom stereocenters. The summed E-state index contributed by atoms with van der Waals surface area (Å²) in [4.78, 5) is 15.3. The summed E-state index contributed by atoms with van der Waals surface area (Å²) in [6.07, 6.45) is 2.72. The van der Waals surface area contributed by atoms with Crippen molar-refractivity contribution in [3.8, 4) is 0 Å². The summed E-state index contributed by atoms with van der Waals surface area (Å²) in [5.74, 6) is -0.177. The number of rotatable bonds is 4. The van der Waals surface area contributed by atoms with Crippen molar-refractivity contribution >= 4 is 37.8 Å². The summed E-state index contributed by atoms with van der Waals surface area (Å²) < 4.78 is 6.53. The predicted molar refractivity (Wildman–Crippen MR) is 64.6 cm³/mol. The molecule has 0 N–H and O–H groups in total. The lowest BCUT2D eigenvalue weighted by molar-refractivity contribution is -0.143. The Morgan fingerprint density at radius 2 is 2.27 bits per heavy atom. The van der Waals surface area contributed by atoms with Crippen LogP contribution in [0.3, 0.4) is 0 Å². The molecule has 0 radical (unpaired) electrons. The molecule has 0 aliphatic heterocycles. The van der Waals surface area contributed by atoms with Gasteiger partial charge in [-0.1, -0.05) is 0 Å². The average Bonchev–Trinajstić information content (AvgIpc) is 2.20. The van der Waals surface area contributed by atoms with Gasteiger partial charge in [-0.25, -0.2) is 4.98 Å². The highest BCUT2D eigenvalue weighted by Gasteiger charge is 2.06. The Balaban J connectivity index is 2.57. The molecule has 0 spiro atoms. The van der Waals surface area contributed by atoms with Crippen LogP contribution in [0.1, 0.15) is 18.9 Å². The second-order valence-corrected chi connectivity index (χ2v) is 4.58. The van der Waals surface area contributed by atoms with Gasteiger partial charge in [0.15, 0.2) is 0 Å². The SMILES string of the molecule is CCOC(=O)CCc1cc(Br)cnc1Br. The molecule has 82 valence electrons. The lowest BCUT2D eigenvalue weighted by atomic mass is 10.2. The monoisotopic (exact) mass is 335 g/mol. The van der Waals surface area contributed by atoms with Gasteiger partial charge in [-0.2, -0.15) is 0 Å². The number of carbonyl (C=O) groups excluding carboxylic acids is 1. The smallest absolute Gasteiger partial charge is 0.306 e. The highest BCUT2D eigenvalue weighted by molar-refractivity contribution is 9.11. The molecular weight excluding hydrogens is 326 g/mol. The van der Waals surface area contributed by atoms with Gasteiger partial charge in [-0.05, 0) is 56.8 Å². The highest BCUT2D eigenvalue weighted by atomic mass is 79.9. The number of esters is 1. The molecule has 0 saturated heterocycles. The third-order valence-corrected chi connectivity index (χ3v) is 2.93. The van der Waals surface area contributed by atoms with E-state index < -0.39 is 0 Å². The fourth-order valence-electron chi connectivity index (χ4n) is 1.11. The number of carbonyl (C=O) groups is 1. The Bertz CT molecular complexity index is 355. The highest BCUT2D eigenvalue weighted by Crippen LogP contribution is 2.19. The van der Waals surface area contributed by atoms with E-state index >= 15 is 0 Å². The molecule has 1 aromatic heterocycles. The van der Waals surface area contributed by atoms with E-state index in [1.54, 1.807) is 13.1 Å². The normalized spacial score (nSPS) is 10.1. The molecule has 5 heteroatoms. The quantitative estimate of drug-likeness (QED) is 0.626. The molecule has 0 aromatic carbocycles. The average molecular weight is 337 g/mol. The summed E-state index contributed by atoms with van der Waals surface area (Å²) in [6, 6.07) is 1.94. The zero-order chi connectivity index (χ0) is 11.3. The van der Waals surface area contributed by atoms with Crippen molar-refractivity contribution in [2.24, 2.45) is 0 Å². The number of halogens is 2. The van der Waals surface area contributed by atoms with Crippen LogP contribution in [0.25, 0.3) is 0 Å². The van der Waals surface area contributed by atoms with Crippen LogP contribution in [0, 0.1) is 0 Å². The molecule has 0 atom stereocenters. The van der Waals surface area contributed by atoms with Crippen molar-refractivity contribution in [3.63, 3.8) is 0 Å². The van der Waals surface area contributed by atoms with E-state index in [4.69, 9.17) is 4.74 Å². The molecule has 0 bridgehead atoms. The van der Waals surface area contributed by atoms with Crippen LogP contribution in [0.4, 0.5) is 0 Å². The standard InChI is InChI=1S/C10H11Br2NO2/c1-2-15-9(14)4-3-7-5-8(11)6-13-10(7)12/h5-6H,2-4H2,1H3. The van der Waals surface area contributed by atoms with Crippen molar-refractivity contribution in [1.29, 1.82) is 0 Å². The Morgan fingerprint density at radius 1 is 1.53 bits per heavy atom. The van der Waals surface area contributed by atoms with Crippen LogP contribution in [0.2, 0.25) is 0 Å². The molecule has 0 saturated carbocycles. The van der Waals surface area contributed by atoms with Gasteiger partial charge in [0, 0.05) is 17.1 Å². The molecule has 1 aromatic rings. The third kappa shape index (κ3) is 4.30. The summed E-state index contributed by atoms with van der Waals surface area (Å²) in [6.45, 7) is 2.23. The molecule has 0 amide bonds. The van der Waals surface area contributed by atoms with Gasteiger partial charge >= 0.3 is 5.97 Å². The van der Waals surface area contributed by atoms with Crippen molar-refractivity contribution in [2.45, 2.75) is 19.8 Å². The predicted octanol–water partition coefficient (Wildman–Crippen LogP) is 3.10. The Morgan fingerprint density at radius 3 is 2.93 bits per heavy atom. The molecule has 0 aliphatic carbocycles. The first kappa shape index (κ1) is 12.6. The Hall–Kier alpha value is -0.420. The number of ether oxygens (including phenoxy) is 1. The second-order valence-electron chi connectivity index (χ2n) is 2.91. The lowest BCUT2D eigenvalue weighted by Crippen LogP contribution is -2.05. The maximum absolute atomic E-state index is 11.1. The number of pyridine rings is 1. The minimum absolute atomic E-state index is 0.177. The maximum Gasteiger partial charge on any atom is 0.306 e.